The number of ether oxygens (including phenoxy) is 1. The molecule has 6 nitrogen and oxygen atoms in total. The predicted octanol–water partition coefficient (Wildman–Crippen LogP) is 8.24. The predicted molar refractivity (Wildman–Crippen MR) is 165 cm³/mol. The Kier molecular flexibility index (Phi) is 6.98. The average Bonchev–Trinajstić information content (AvgIpc) is 3.39. The first-order chi connectivity index (χ1) is 20.8. The van der Waals surface area contributed by atoms with Gasteiger partial charge in [0.25, 0.3) is 0 Å². The number of benzene rings is 4. The van der Waals surface area contributed by atoms with E-state index < -0.39 is 0 Å². The Morgan fingerprint density at radius 1 is 0.605 bits per heavy atom. The van der Waals surface area contributed by atoms with Crippen molar-refractivity contribution in [1.29, 1.82) is 0 Å². The molecule has 0 bridgehead atoms. The quantitative estimate of drug-likeness (QED) is 0.167. The van der Waals surface area contributed by atoms with Crippen molar-refractivity contribution >= 4 is 32.8 Å². The molecule has 43 heavy (non-hydrogen) atoms. The van der Waals surface area contributed by atoms with E-state index in [9.17, 15) is 0 Å². The van der Waals surface area contributed by atoms with E-state index in [0.29, 0.717) is 11.5 Å². The third-order valence-corrected chi connectivity index (χ3v) is 7.23. The van der Waals surface area contributed by atoms with E-state index in [0.717, 1.165) is 61.0 Å². The van der Waals surface area contributed by atoms with Crippen LogP contribution < -0.4 is 4.74 Å². The molecule has 0 aliphatic heterocycles. The fraction of sp³-hybridized carbons (Fsp3) is 0. The largest absolute Gasteiger partial charge is 2.00 e. The van der Waals surface area contributed by atoms with Crippen LogP contribution in [0.3, 0.4) is 0 Å². The molecule has 4 aromatic carbocycles. The smallest absolute Gasteiger partial charge is 0.503 e. The topological polar surface area (TPSA) is 65.7 Å². The Balaban J connectivity index is 0.00000300. The number of rotatable bonds is 5. The summed E-state index contributed by atoms with van der Waals surface area (Å²) in [7, 11) is 0. The van der Waals surface area contributed by atoms with Crippen molar-refractivity contribution in [2.45, 2.75) is 0 Å². The third-order valence-electron chi connectivity index (χ3n) is 7.23. The number of nitrogens with zero attached hydrogens (tertiary/aromatic N) is 5. The van der Waals surface area contributed by atoms with Gasteiger partial charge in [0, 0.05) is 29.6 Å². The van der Waals surface area contributed by atoms with Crippen LogP contribution in [0.25, 0.3) is 61.0 Å². The van der Waals surface area contributed by atoms with Crippen molar-refractivity contribution < 1.29 is 25.8 Å². The maximum Gasteiger partial charge on any atom is 2.00 e. The van der Waals surface area contributed by atoms with Crippen molar-refractivity contribution in [1.82, 2.24) is 24.7 Å². The number of pyridine rings is 2. The van der Waals surface area contributed by atoms with Gasteiger partial charge in [0.05, 0.1) is 5.52 Å². The van der Waals surface area contributed by atoms with E-state index in [-0.39, 0.29) is 21.1 Å². The summed E-state index contributed by atoms with van der Waals surface area (Å²) < 4.78 is 8.48. The average molecular weight is 735 g/mol. The summed E-state index contributed by atoms with van der Waals surface area (Å²) in [5.74, 6) is 1.87. The molecule has 7 heteroatoms. The molecule has 0 unspecified atom stereocenters. The summed E-state index contributed by atoms with van der Waals surface area (Å²) in [5, 5.41) is 12.0. The van der Waals surface area contributed by atoms with Crippen LogP contribution in [0.4, 0.5) is 0 Å². The Morgan fingerprint density at radius 3 is 2.33 bits per heavy atom. The molecule has 0 saturated carbocycles. The maximum absolute atomic E-state index is 6.47. The SMILES string of the molecule is [Pt+2].[c-]1c(Oc2[c-]c3c(cc2)c2cccnc2n3-c2ccccn2)cc(-c2ccccc2)cc1-c1cc2ccccc2nn1. The third kappa shape index (κ3) is 4.96. The van der Waals surface area contributed by atoms with E-state index in [1.807, 2.05) is 95.6 Å². The minimum Gasteiger partial charge on any atom is -0.503 e. The second-order valence-corrected chi connectivity index (χ2v) is 9.89. The molecule has 8 rings (SSSR count). The molecule has 0 radical (unpaired) electrons. The number of hydrogen-bond donors (Lipinski definition) is 0. The minimum atomic E-state index is 0. The first kappa shape index (κ1) is 26.7. The molecule has 0 amide bonds. The van der Waals surface area contributed by atoms with Crippen LogP contribution in [0.1, 0.15) is 0 Å². The maximum atomic E-state index is 6.47. The van der Waals surface area contributed by atoms with Crippen LogP contribution in [-0.2, 0) is 21.1 Å². The van der Waals surface area contributed by atoms with Gasteiger partial charge in [0.15, 0.2) is 0 Å². The van der Waals surface area contributed by atoms with Crippen molar-refractivity contribution in [3.63, 3.8) is 0 Å². The van der Waals surface area contributed by atoms with Crippen molar-refractivity contribution in [2.75, 3.05) is 0 Å². The van der Waals surface area contributed by atoms with Gasteiger partial charge >= 0.3 is 21.1 Å². The zero-order valence-corrected chi connectivity index (χ0v) is 24.9. The van der Waals surface area contributed by atoms with Crippen molar-refractivity contribution in [3.8, 4) is 39.7 Å². The molecule has 8 aromatic rings. The first-order valence-electron chi connectivity index (χ1n) is 13.6. The molecular formula is C36H21N5OPt. The van der Waals surface area contributed by atoms with E-state index in [2.05, 4.69) is 56.6 Å². The van der Waals surface area contributed by atoms with Crippen molar-refractivity contribution in [3.05, 3.63) is 140 Å². The molecule has 4 aromatic heterocycles. The van der Waals surface area contributed by atoms with Crippen LogP contribution in [0, 0.1) is 12.1 Å². The van der Waals surface area contributed by atoms with Gasteiger partial charge in [-0.2, -0.15) is 11.2 Å². The molecule has 206 valence electrons. The van der Waals surface area contributed by atoms with Gasteiger partial charge in [-0.15, -0.1) is 29.1 Å². The Bertz CT molecular complexity index is 2230. The first-order valence-corrected chi connectivity index (χ1v) is 13.6. The minimum absolute atomic E-state index is 0. The van der Waals surface area contributed by atoms with Gasteiger partial charge in [-0.1, -0.05) is 89.9 Å². The van der Waals surface area contributed by atoms with Crippen molar-refractivity contribution in [2.24, 2.45) is 0 Å². The van der Waals surface area contributed by atoms with Gasteiger partial charge in [-0.25, -0.2) is 15.1 Å². The summed E-state index contributed by atoms with van der Waals surface area (Å²) in [6, 6.07) is 44.9. The molecule has 0 N–H and O–H groups in total. The summed E-state index contributed by atoms with van der Waals surface area (Å²) in [6.45, 7) is 0. The zero-order chi connectivity index (χ0) is 27.9. The van der Waals surface area contributed by atoms with Crippen LogP contribution >= 0.6 is 0 Å². The molecule has 4 heterocycles. The summed E-state index contributed by atoms with van der Waals surface area (Å²) in [5.41, 5.74) is 6.05. The molecule has 0 atom stereocenters. The van der Waals surface area contributed by atoms with Gasteiger partial charge in [-0.05, 0) is 40.6 Å². The summed E-state index contributed by atoms with van der Waals surface area (Å²) >= 11 is 0. The molecule has 0 aliphatic carbocycles. The van der Waals surface area contributed by atoms with E-state index >= 15 is 0 Å². The van der Waals surface area contributed by atoms with E-state index in [4.69, 9.17) is 4.74 Å². The van der Waals surface area contributed by atoms with E-state index in [1.54, 1.807) is 12.4 Å². The Hall–Kier alpha value is -5.19. The normalized spacial score (nSPS) is 11.1. The van der Waals surface area contributed by atoms with Crippen LogP contribution in [0.15, 0.2) is 128 Å². The molecular weight excluding hydrogens is 714 g/mol. The standard InChI is InChI=1S/C36H21N5O.Pt/c1-2-9-24(10-3-1)26-19-27(33-22-25-11-4-5-13-32(25)39-40-33)21-29(20-26)42-28-15-16-30-31-12-8-18-38-36(31)41(34(30)23-28)35-14-6-7-17-37-35;/h1-20,22H;/q-2;+2. The zero-order valence-electron chi connectivity index (χ0n) is 22.6. The summed E-state index contributed by atoms with van der Waals surface area (Å²) in [6.07, 6.45) is 3.57. The fourth-order valence-corrected chi connectivity index (χ4v) is 5.29. The molecule has 0 aliphatic rings. The van der Waals surface area contributed by atoms with Gasteiger partial charge in [0.2, 0.25) is 0 Å². The molecule has 0 fully saturated rings. The van der Waals surface area contributed by atoms with Crippen LogP contribution in [0.5, 0.6) is 11.5 Å². The fourth-order valence-electron chi connectivity index (χ4n) is 5.29. The van der Waals surface area contributed by atoms with Gasteiger partial charge in [0.1, 0.15) is 11.5 Å². The van der Waals surface area contributed by atoms with Gasteiger partial charge < -0.3 is 9.30 Å². The van der Waals surface area contributed by atoms with E-state index in [1.165, 1.54) is 0 Å². The van der Waals surface area contributed by atoms with Gasteiger partial charge in [-0.3, -0.25) is 0 Å². The monoisotopic (exact) mass is 734 g/mol. The number of hydrogen-bond acceptors (Lipinski definition) is 5. The second-order valence-electron chi connectivity index (χ2n) is 9.89. The summed E-state index contributed by atoms with van der Waals surface area (Å²) in [4.78, 5) is 9.25. The Morgan fingerprint density at radius 2 is 1.44 bits per heavy atom. The Labute approximate surface area is 261 Å². The molecule has 0 saturated heterocycles. The van der Waals surface area contributed by atoms with Crippen LogP contribution in [0.2, 0.25) is 0 Å². The number of fused-ring (bicyclic) bond motifs is 4. The second kappa shape index (κ2) is 11.2. The number of aromatic nitrogens is 5. The molecule has 0 spiro atoms. The van der Waals surface area contributed by atoms with Crippen LogP contribution in [-0.4, -0.2) is 24.7 Å².